The first kappa shape index (κ1) is 13.7. The van der Waals surface area contributed by atoms with Gasteiger partial charge in [-0.1, -0.05) is 25.1 Å². The van der Waals surface area contributed by atoms with Crippen molar-refractivity contribution < 1.29 is 0 Å². The number of aryl methyl sites for hydroxylation is 3. The number of nitrogens with zero attached hydrogens (tertiary/aromatic N) is 2. The average Bonchev–Trinajstić information content (AvgIpc) is 2.66. The first-order chi connectivity index (χ1) is 8.97. The number of anilines is 1. The van der Waals surface area contributed by atoms with Crippen molar-refractivity contribution in [1.82, 2.24) is 9.55 Å². The molecule has 0 aliphatic carbocycles. The van der Waals surface area contributed by atoms with Crippen molar-refractivity contribution in [3.05, 3.63) is 35.2 Å². The second kappa shape index (κ2) is 5.08. The SMILES string of the molecule is CCc1nc(-c2c(C)cccc2C)c(N)n1C(C)C. The third-order valence-corrected chi connectivity index (χ3v) is 3.57. The van der Waals surface area contributed by atoms with Crippen LogP contribution >= 0.6 is 0 Å². The number of hydrogen-bond acceptors (Lipinski definition) is 2. The molecule has 0 spiro atoms. The zero-order chi connectivity index (χ0) is 14.2. The van der Waals surface area contributed by atoms with Gasteiger partial charge in [0.05, 0.1) is 0 Å². The molecule has 2 aromatic rings. The van der Waals surface area contributed by atoms with E-state index in [4.69, 9.17) is 10.7 Å². The van der Waals surface area contributed by atoms with Crippen molar-refractivity contribution in [2.24, 2.45) is 0 Å². The van der Waals surface area contributed by atoms with Gasteiger partial charge in [-0.2, -0.15) is 0 Å². The molecule has 0 saturated carbocycles. The zero-order valence-electron chi connectivity index (χ0n) is 12.5. The Bertz CT molecular complexity index is 574. The third kappa shape index (κ3) is 2.25. The Labute approximate surface area is 115 Å². The van der Waals surface area contributed by atoms with Crippen LogP contribution in [0.15, 0.2) is 18.2 Å². The summed E-state index contributed by atoms with van der Waals surface area (Å²) in [6, 6.07) is 6.63. The van der Waals surface area contributed by atoms with E-state index in [2.05, 4.69) is 57.4 Å². The molecule has 1 aromatic carbocycles. The van der Waals surface area contributed by atoms with Gasteiger partial charge in [-0.05, 0) is 38.8 Å². The second-order valence-corrected chi connectivity index (χ2v) is 5.35. The molecule has 19 heavy (non-hydrogen) atoms. The predicted octanol–water partition coefficient (Wildman–Crippen LogP) is 3.89. The molecule has 0 radical (unpaired) electrons. The van der Waals surface area contributed by atoms with Crippen molar-refractivity contribution in [1.29, 1.82) is 0 Å². The highest BCUT2D eigenvalue weighted by atomic mass is 15.2. The molecule has 0 saturated heterocycles. The lowest BCUT2D eigenvalue weighted by Gasteiger charge is -2.13. The highest BCUT2D eigenvalue weighted by molar-refractivity contribution is 5.76. The highest BCUT2D eigenvalue weighted by Gasteiger charge is 2.19. The van der Waals surface area contributed by atoms with E-state index in [1.807, 2.05) is 0 Å². The number of nitrogens with two attached hydrogens (primary N) is 1. The van der Waals surface area contributed by atoms with Crippen LogP contribution in [0.5, 0.6) is 0 Å². The maximum Gasteiger partial charge on any atom is 0.131 e. The van der Waals surface area contributed by atoms with Crippen LogP contribution in [0.3, 0.4) is 0 Å². The lowest BCUT2D eigenvalue weighted by molar-refractivity contribution is 0.579. The molecule has 0 amide bonds. The van der Waals surface area contributed by atoms with Crippen LogP contribution in [0.25, 0.3) is 11.3 Å². The molecule has 0 aliphatic heterocycles. The van der Waals surface area contributed by atoms with Crippen molar-refractivity contribution in [2.45, 2.75) is 47.1 Å². The van der Waals surface area contributed by atoms with Crippen LogP contribution < -0.4 is 5.73 Å². The third-order valence-electron chi connectivity index (χ3n) is 3.57. The molecular formula is C16H23N3. The molecule has 0 aliphatic rings. The minimum Gasteiger partial charge on any atom is -0.383 e. The van der Waals surface area contributed by atoms with E-state index in [1.165, 1.54) is 16.7 Å². The van der Waals surface area contributed by atoms with Crippen molar-refractivity contribution in [3.8, 4) is 11.3 Å². The summed E-state index contributed by atoms with van der Waals surface area (Å²) in [6.45, 7) is 10.6. The Kier molecular flexibility index (Phi) is 3.65. The molecule has 1 aromatic heterocycles. The normalized spacial score (nSPS) is 11.3. The van der Waals surface area contributed by atoms with E-state index in [9.17, 15) is 0 Å². The van der Waals surface area contributed by atoms with Crippen LogP contribution in [0.4, 0.5) is 5.82 Å². The predicted molar refractivity (Wildman–Crippen MR) is 81.3 cm³/mol. The Morgan fingerprint density at radius 3 is 2.21 bits per heavy atom. The fourth-order valence-electron chi connectivity index (χ4n) is 2.69. The van der Waals surface area contributed by atoms with Crippen LogP contribution in [0.2, 0.25) is 0 Å². The monoisotopic (exact) mass is 257 g/mol. The molecule has 0 unspecified atom stereocenters. The maximum absolute atomic E-state index is 6.35. The van der Waals surface area contributed by atoms with Gasteiger partial charge in [0, 0.05) is 18.0 Å². The fraction of sp³-hybridized carbons (Fsp3) is 0.438. The molecule has 0 atom stereocenters. The van der Waals surface area contributed by atoms with E-state index < -0.39 is 0 Å². The van der Waals surface area contributed by atoms with Gasteiger partial charge in [-0.25, -0.2) is 4.98 Å². The molecular weight excluding hydrogens is 234 g/mol. The zero-order valence-corrected chi connectivity index (χ0v) is 12.5. The number of aromatic nitrogens is 2. The molecule has 2 N–H and O–H groups in total. The summed E-state index contributed by atoms with van der Waals surface area (Å²) in [5, 5.41) is 0. The number of rotatable bonds is 3. The van der Waals surface area contributed by atoms with Crippen LogP contribution in [0.1, 0.15) is 43.8 Å². The quantitative estimate of drug-likeness (QED) is 0.906. The van der Waals surface area contributed by atoms with Crippen molar-refractivity contribution in [2.75, 3.05) is 5.73 Å². The Hall–Kier alpha value is -1.77. The average molecular weight is 257 g/mol. The molecule has 3 heteroatoms. The highest BCUT2D eigenvalue weighted by Crippen LogP contribution is 2.33. The molecule has 0 fully saturated rings. The molecule has 3 nitrogen and oxygen atoms in total. The minimum atomic E-state index is 0.334. The number of hydrogen-bond donors (Lipinski definition) is 1. The Morgan fingerprint density at radius 1 is 1.21 bits per heavy atom. The topological polar surface area (TPSA) is 43.8 Å². The summed E-state index contributed by atoms with van der Waals surface area (Å²) in [5.41, 5.74) is 10.9. The van der Waals surface area contributed by atoms with Crippen molar-refractivity contribution >= 4 is 5.82 Å². The molecule has 1 heterocycles. The smallest absolute Gasteiger partial charge is 0.131 e. The number of nitrogen functional groups attached to an aromatic ring is 1. The van der Waals surface area contributed by atoms with E-state index in [0.29, 0.717) is 6.04 Å². The van der Waals surface area contributed by atoms with Crippen LogP contribution in [-0.4, -0.2) is 9.55 Å². The summed E-state index contributed by atoms with van der Waals surface area (Å²) < 4.78 is 2.14. The van der Waals surface area contributed by atoms with Gasteiger partial charge >= 0.3 is 0 Å². The van der Waals surface area contributed by atoms with Gasteiger partial charge in [0.1, 0.15) is 17.3 Å². The summed E-state index contributed by atoms with van der Waals surface area (Å²) in [5.74, 6) is 1.84. The lowest BCUT2D eigenvalue weighted by Crippen LogP contribution is -2.09. The number of imidazole rings is 1. The maximum atomic E-state index is 6.35. The Balaban J connectivity index is 2.70. The van der Waals surface area contributed by atoms with Gasteiger partial charge in [0.15, 0.2) is 0 Å². The van der Waals surface area contributed by atoms with Gasteiger partial charge in [-0.3, -0.25) is 0 Å². The largest absolute Gasteiger partial charge is 0.383 e. The van der Waals surface area contributed by atoms with Gasteiger partial charge < -0.3 is 10.3 Å². The van der Waals surface area contributed by atoms with Gasteiger partial charge in [0.2, 0.25) is 0 Å². The number of benzene rings is 1. The molecule has 102 valence electrons. The summed E-state index contributed by atoms with van der Waals surface area (Å²) in [6.07, 6.45) is 0.896. The first-order valence-corrected chi connectivity index (χ1v) is 6.90. The fourth-order valence-corrected chi connectivity index (χ4v) is 2.69. The Morgan fingerprint density at radius 2 is 1.79 bits per heavy atom. The van der Waals surface area contributed by atoms with Gasteiger partial charge in [-0.15, -0.1) is 0 Å². The van der Waals surface area contributed by atoms with E-state index >= 15 is 0 Å². The van der Waals surface area contributed by atoms with E-state index in [0.717, 1.165) is 23.8 Å². The molecule has 0 bridgehead atoms. The minimum absolute atomic E-state index is 0.334. The van der Waals surface area contributed by atoms with Gasteiger partial charge in [0.25, 0.3) is 0 Å². The van der Waals surface area contributed by atoms with Crippen molar-refractivity contribution in [3.63, 3.8) is 0 Å². The van der Waals surface area contributed by atoms with Crippen LogP contribution in [-0.2, 0) is 6.42 Å². The lowest BCUT2D eigenvalue weighted by atomic mass is 10.00. The first-order valence-electron chi connectivity index (χ1n) is 6.90. The standard InChI is InChI=1S/C16H23N3/c1-6-13-18-15(16(17)19(13)10(2)3)14-11(4)8-7-9-12(14)5/h7-10H,6,17H2,1-5H3. The second-order valence-electron chi connectivity index (χ2n) is 5.35. The van der Waals surface area contributed by atoms with Crippen LogP contribution in [0, 0.1) is 13.8 Å². The van der Waals surface area contributed by atoms with E-state index in [-0.39, 0.29) is 0 Å². The summed E-state index contributed by atoms with van der Waals surface area (Å²) in [7, 11) is 0. The van der Waals surface area contributed by atoms with E-state index in [1.54, 1.807) is 0 Å². The summed E-state index contributed by atoms with van der Waals surface area (Å²) in [4.78, 5) is 4.78. The summed E-state index contributed by atoms with van der Waals surface area (Å²) >= 11 is 0. The molecule has 2 rings (SSSR count).